The maximum atomic E-state index is 12.1. The van der Waals surface area contributed by atoms with E-state index >= 15 is 0 Å². The zero-order chi connectivity index (χ0) is 16.7. The van der Waals surface area contributed by atoms with Crippen molar-refractivity contribution in [1.29, 1.82) is 0 Å². The number of anilines is 1. The Bertz CT molecular complexity index is 607. The molecule has 23 heavy (non-hydrogen) atoms. The molecule has 1 amide bonds. The van der Waals surface area contributed by atoms with Crippen molar-refractivity contribution in [3.63, 3.8) is 0 Å². The number of benzene rings is 2. The van der Waals surface area contributed by atoms with Crippen LogP contribution >= 0.6 is 0 Å². The van der Waals surface area contributed by atoms with Gasteiger partial charge >= 0.3 is 0 Å². The number of rotatable bonds is 7. The van der Waals surface area contributed by atoms with Gasteiger partial charge in [-0.15, -0.1) is 0 Å². The second kappa shape index (κ2) is 8.49. The first kappa shape index (κ1) is 17.2. The number of amides is 1. The molecule has 0 radical (unpaired) electrons. The number of hydrogen-bond acceptors (Lipinski definition) is 1. The minimum Gasteiger partial charge on any atom is -0.333 e. The van der Waals surface area contributed by atoms with Crippen molar-refractivity contribution in [2.24, 2.45) is 0 Å². The fourth-order valence-electron chi connectivity index (χ4n) is 2.52. The van der Waals surface area contributed by atoms with Crippen LogP contribution in [0.1, 0.15) is 50.3 Å². The van der Waals surface area contributed by atoms with Gasteiger partial charge in [0.15, 0.2) is 6.54 Å². The molecule has 0 fully saturated rings. The molecular weight excluding hydrogens is 284 g/mol. The standard InChI is InChI=1S/C20H26N2O/c1-4-15(2)17-10-12-19(13-11-17)22-20(23)14-21-16(3)18-8-6-5-7-9-18/h5-13,15-16,21H,4,14H2,1-3H3,(H,22,23)/p+1/t15-,16+/m0/s1. The summed E-state index contributed by atoms with van der Waals surface area (Å²) in [5.41, 5.74) is 3.41. The summed E-state index contributed by atoms with van der Waals surface area (Å²) in [5, 5.41) is 5.02. The Morgan fingerprint density at radius 2 is 1.65 bits per heavy atom. The molecule has 0 aliphatic heterocycles. The van der Waals surface area contributed by atoms with Crippen molar-refractivity contribution in [3.8, 4) is 0 Å². The van der Waals surface area contributed by atoms with Crippen LogP contribution < -0.4 is 10.6 Å². The molecule has 0 heterocycles. The van der Waals surface area contributed by atoms with Gasteiger partial charge in [0.25, 0.3) is 5.91 Å². The van der Waals surface area contributed by atoms with E-state index in [1.54, 1.807) is 0 Å². The Morgan fingerprint density at radius 3 is 2.26 bits per heavy atom. The molecule has 3 nitrogen and oxygen atoms in total. The molecule has 0 aromatic heterocycles. The molecule has 2 atom stereocenters. The van der Waals surface area contributed by atoms with Crippen LogP contribution in [0.2, 0.25) is 0 Å². The Hall–Kier alpha value is -2.13. The maximum absolute atomic E-state index is 12.1. The van der Waals surface area contributed by atoms with Gasteiger partial charge in [0.05, 0.1) is 0 Å². The lowest BCUT2D eigenvalue weighted by Gasteiger charge is -2.12. The zero-order valence-electron chi connectivity index (χ0n) is 14.3. The van der Waals surface area contributed by atoms with E-state index in [0.29, 0.717) is 12.5 Å². The van der Waals surface area contributed by atoms with Gasteiger partial charge in [-0.3, -0.25) is 4.79 Å². The second-order valence-corrected chi connectivity index (χ2v) is 6.12. The Kier molecular flexibility index (Phi) is 6.36. The molecule has 0 saturated heterocycles. The average molecular weight is 311 g/mol. The molecule has 3 N–H and O–H groups in total. The lowest BCUT2D eigenvalue weighted by Crippen LogP contribution is -2.86. The van der Waals surface area contributed by atoms with Crippen molar-refractivity contribution in [1.82, 2.24) is 0 Å². The summed E-state index contributed by atoms with van der Waals surface area (Å²) in [4.78, 5) is 12.1. The highest BCUT2D eigenvalue weighted by molar-refractivity contribution is 5.91. The molecule has 3 heteroatoms. The van der Waals surface area contributed by atoms with Crippen LogP contribution in [0, 0.1) is 0 Å². The van der Waals surface area contributed by atoms with E-state index in [1.165, 1.54) is 11.1 Å². The third-order valence-electron chi connectivity index (χ3n) is 4.36. The third-order valence-corrected chi connectivity index (χ3v) is 4.36. The smallest absolute Gasteiger partial charge is 0.279 e. The van der Waals surface area contributed by atoms with Gasteiger partial charge < -0.3 is 10.6 Å². The van der Waals surface area contributed by atoms with Gasteiger partial charge in [-0.2, -0.15) is 0 Å². The fraction of sp³-hybridized carbons (Fsp3) is 0.350. The summed E-state index contributed by atoms with van der Waals surface area (Å²) >= 11 is 0. The normalized spacial score (nSPS) is 13.3. The van der Waals surface area contributed by atoms with E-state index in [4.69, 9.17) is 0 Å². The molecule has 2 aromatic rings. The van der Waals surface area contributed by atoms with E-state index in [0.717, 1.165) is 12.1 Å². The van der Waals surface area contributed by atoms with Crippen LogP contribution in [0.3, 0.4) is 0 Å². The molecule has 2 rings (SSSR count). The molecule has 0 aliphatic rings. The summed E-state index contributed by atoms with van der Waals surface area (Å²) in [6, 6.07) is 18.7. The first-order valence-corrected chi connectivity index (χ1v) is 8.38. The highest BCUT2D eigenvalue weighted by Crippen LogP contribution is 2.20. The van der Waals surface area contributed by atoms with E-state index in [1.807, 2.05) is 30.3 Å². The lowest BCUT2D eigenvalue weighted by molar-refractivity contribution is -0.682. The Labute approximate surface area is 139 Å². The highest BCUT2D eigenvalue weighted by atomic mass is 16.1. The minimum absolute atomic E-state index is 0.0315. The van der Waals surface area contributed by atoms with Crippen molar-refractivity contribution < 1.29 is 10.1 Å². The predicted molar refractivity (Wildman–Crippen MR) is 95.4 cm³/mol. The molecular formula is C20H27N2O+. The fourth-order valence-corrected chi connectivity index (χ4v) is 2.52. The van der Waals surface area contributed by atoms with Gasteiger partial charge in [0, 0.05) is 11.3 Å². The summed E-state index contributed by atoms with van der Waals surface area (Å²) in [6.07, 6.45) is 1.12. The van der Waals surface area contributed by atoms with Crippen molar-refractivity contribution in [2.75, 3.05) is 11.9 Å². The molecule has 0 aliphatic carbocycles. The molecule has 2 aromatic carbocycles. The van der Waals surface area contributed by atoms with Crippen molar-refractivity contribution in [3.05, 3.63) is 65.7 Å². The quantitative estimate of drug-likeness (QED) is 0.808. The Morgan fingerprint density at radius 1 is 1.00 bits per heavy atom. The van der Waals surface area contributed by atoms with Crippen LogP contribution in [0.4, 0.5) is 5.69 Å². The van der Waals surface area contributed by atoms with Gasteiger partial charge in [0.1, 0.15) is 6.04 Å². The van der Waals surface area contributed by atoms with Gasteiger partial charge in [-0.1, -0.05) is 56.3 Å². The number of carbonyl (C=O) groups excluding carboxylic acids is 1. The second-order valence-electron chi connectivity index (χ2n) is 6.12. The van der Waals surface area contributed by atoms with Gasteiger partial charge in [-0.05, 0) is 37.0 Å². The largest absolute Gasteiger partial charge is 0.333 e. The van der Waals surface area contributed by atoms with Gasteiger partial charge in [0.2, 0.25) is 0 Å². The SMILES string of the molecule is CC[C@H](C)c1ccc(NC(=O)C[NH2+][C@H](C)c2ccccc2)cc1. The summed E-state index contributed by atoms with van der Waals surface area (Å²) in [5.74, 6) is 0.587. The van der Waals surface area contributed by atoms with E-state index < -0.39 is 0 Å². The molecule has 0 spiro atoms. The van der Waals surface area contributed by atoms with Crippen molar-refractivity contribution in [2.45, 2.75) is 39.2 Å². The van der Waals surface area contributed by atoms with Crippen LogP contribution in [0.5, 0.6) is 0 Å². The number of carbonyl (C=O) groups is 1. The predicted octanol–water partition coefficient (Wildman–Crippen LogP) is 3.46. The highest BCUT2D eigenvalue weighted by Gasteiger charge is 2.11. The van der Waals surface area contributed by atoms with Crippen LogP contribution in [0.15, 0.2) is 54.6 Å². The Balaban J connectivity index is 1.83. The van der Waals surface area contributed by atoms with E-state index in [2.05, 4.69) is 55.7 Å². The zero-order valence-corrected chi connectivity index (χ0v) is 14.3. The molecule has 0 saturated carbocycles. The van der Waals surface area contributed by atoms with Gasteiger partial charge in [-0.25, -0.2) is 0 Å². The summed E-state index contributed by atoms with van der Waals surface area (Å²) in [6.45, 7) is 6.93. The summed E-state index contributed by atoms with van der Waals surface area (Å²) in [7, 11) is 0. The minimum atomic E-state index is 0.0315. The molecule has 122 valence electrons. The number of nitrogens with one attached hydrogen (secondary N) is 1. The monoisotopic (exact) mass is 311 g/mol. The first-order chi connectivity index (χ1) is 11.1. The van der Waals surface area contributed by atoms with E-state index in [9.17, 15) is 4.79 Å². The topological polar surface area (TPSA) is 45.7 Å². The number of nitrogens with two attached hydrogens (primary N) is 1. The maximum Gasteiger partial charge on any atom is 0.279 e. The van der Waals surface area contributed by atoms with Crippen molar-refractivity contribution >= 4 is 11.6 Å². The number of hydrogen-bond donors (Lipinski definition) is 2. The van der Waals surface area contributed by atoms with Crippen LogP contribution in [-0.4, -0.2) is 12.5 Å². The van der Waals surface area contributed by atoms with Crippen LogP contribution in [-0.2, 0) is 4.79 Å². The van der Waals surface area contributed by atoms with Crippen LogP contribution in [0.25, 0.3) is 0 Å². The number of quaternary nitrogens is 1. The van der Waals surface area contributed by atoms with E-state index in [-0.39, 0.29) is 11.9 Å². The molecule has 0 unspecified atom stereocenters. The molecule has 0 bridgehead atoms. The third kappa shape index (κ3) is 5.22. The summed E-state index contributed by atoms with van der Waals surface area (Å²) < 4.78 is 0. The lowest BCUT2D eigenvalue weighted by atomic mass is 9.99. The average Bonchev–Trinajstić information content (AvgIpc) is 2.60. The first-order valence-electron chi connectivity index (χ1n) is 8.38.